The normalized spacial score (nSPS) is 11.2. The van der Waals surface area contributed by atoms with Crippen molar-refractivity contribution in [3.05, 3.63) is 53.3 Å². The van der Waals surface area contributed by atoms with Gasteiger partial charge in [-0.1, -0.05) is 6.07 Å². The number of anilines is 2. The van der Waals surface area contributed by atoms with Crippen LogP contribution in [0.1, 0.15) is 21.6 Å². The Labute approximate surface area is 118 Å². The van der Waals surface area contributed by atoms with Crippen LogP contribution >= 0.6 is 0 Å². The Morgan fingerprint density at radius 3 is 2.62 bits per heavy atom. The van der Waals surface area contributed by atoms with Crippen LogP contribution < -0.4 is 5.32 Å². The zero-order valence-corrected chi connectivity index (χ0v) is 10.9. The fraction of sp³-hybridized carbons (Fsp3) is 0.143. The highest BCUT2D eigenvalue weighted by atomic mass is 19.4. The Morgan fingerprint density at radius 2 is 2.00 bits per heavy atom. The van der Waals surface area contributed by atoms with Gasteiger partial charge in [0.25, 0.3) is 0 Å². The van der Waals surface area contributed by atoms with Crippen LogP contribution in [0.15, 0.2) is 36.5 Å². The predicted octanol–water partition coefficient (Wildman–Crippen LogP) is 3.85. The van der Waals surface area contributed by atoms with E-state index in [2.05, 4.69) is 10.3 Å². The van der Waals surface area contributed by atoms with Crippen LogP contribution in [0.25, 0.3) is 0 Å². The predicted molar refractivity (Wildman–Crippen MR) is 70.7 cm³/mol. The molecule has 0 radical (unpaired) electrons. The third kappa shape index (κ3) is 3.31. The number of carboxylic acid groups (broad SMARTS) is 1. The first-order chi connectivity index (χ1) is 9.79. The first-order valence-electron chi connectivity index (χ1n) is 5.92. The van der Waals surface area contributed by atoms with Crippen LogP contribution in [0.4, 0.5) is 24.5 Å². The van der Waals surface area contributed by atoms with Gasteiger partial charge in [0.15, 0.2) is 5.69 Å². The van der Waals surface area contributed by atoms with Crippen molar-refractivity contribution in [2.24, 2.45) is 0 Å². The van der Waals surface area contributed by atoms with Crippen LogP contribution in [0.3, 0.4) is 0 Å². The lowest BCUT2D eigenvalue weighted by atomic mass is 10.1. The van der Waals surface area contributed by atoms with Crippen LogP contribution in [-0.2, 0) is 6.18 Å². The average molecular weight is 296 g/mol. The number of alkyl halides is 3. The molecule has 2 N–H and O–H groups in total. The van der Waals surface area contributed by atoms with Crippen LogP contribution in [0.2, 0.25) is 0 Å². The molecule has 0 aliphatic rings. The fourth-order valence-electron chi connectivity index (χ4n) is 1.82. The fourth-order valence-corrected chi connectivity index (χ4v) is 1.82. The molecule has 0 aliphatic carbocycles. The van der Waals surface area contributed by atoms with E-state index < -0.39 is 17.7 Å². The molecule has 0 unspecified atom stereocenters. The summed E-state index contributed by atoms with van der Waals surface area (Å²) >= 11 is 0. The summed E-state index contributed by atoms with van der Waals surface area (Å²) in [6.45, 7) is 1.53. The summed E-state index contributed by atoms with van der Waals surface area (Å²) in [4.78, 5) is 14.7. The number of hydrogen-bond acceptors (Lipinski definition) is 3. The van der Waals surface area contributed by atoms with Gasteiger partial charge in [0.2, 0.25) is 0 Å². The molecule has 0 fully saturated rings. The van der Waals surface area contributed by atoms with Crippen molar-refractivity contribution < 1.29 is 23.1 Å². The minimum atomic E-state index is -4.43. The van der Waals surface area contributed by atoms with Crippen molar-refractivity contribution in [1.29, 1.82) is 0 Å². The van der Waals surface area contributed by atoms with Gasteiger partial charge in [-0.3, -0.25) is 0 Å². The van der Waals surface area contributed by atoms with E-state index in [1.807, 2.05) is 0 Å². The topological polar surface area (TPSA) is 62.2 Å². The highest BCUT2D eigenvalue weighted by molar-refractivity contribution is 5.89. The number of nitrogens with zero attached hydrogens (tertiary/aromatic N) is 1. The van der Waals surface area contributed by atoms with E-state index in [1.165, 1.54) is 31.3 Å². The molecule has 2 rings (SSSR count). The molecule has 1 aromatic heterocycles. The third-order valence-corrected chi connectivity index (χ3v) is 2.88. The van der Waals surface area contributed by atoms with Crippen molar-refractivity contribution in [3.8, 4) is 0 Å². The second-order valence-corrected chi connectivity index (χ2v) is 4.34. The maximum absolute atomic E-state index is 12.6. The number of nitrogens with one attached hydrogen (secondary N) is 1. The second-order valence-electron chi connectivity index (χ2n) is 4.34. The molecule has 4 nitrogen and oxygen atoms in total. The monoisotopic (exact) mass is 296 g/mol. The smallest absolute Gasteiger partial charge is 0.416 e. The number of carboxylic acids is 1. The number of pyridine rings is 1. The largest absolute Gasteiger partial charge is 0.477 e. The zero-order valence-electron chi connectivity index (χ0n) is 10.9. The summed E-state index contributed by atoms with van der Waals surface area (Å²) in [6, 6.07) is 6.17. The number of aromatic carboxylic acids is 1. The van der Waals surface area contributed by atoms with Gasteiger partial charge in [0, 0.05) is 23.1 Å². The first kappa shape index (κ1) is 14.8. The molecule has 110 valence electrons. The molecule has 0 saturated carbocycles. The second kappa shape index (κ2) is 5.43. The van der Waals surface area contributed by atoms with E-state index in [0.717, 1.165) is 12.1 Å². The average Bonchev–Trinajstić information content (AvgIpc) is 2.40. The van der Waals surface area contributed by atoms with Crippen molar-refractivity contribution >= 4 is 17.3 Å². The molecule has 21 heavy (non-hydrogen) atoms. The molecule has 0 aliphatic heterocycles. The van der Waals surface area contributed by atoms with Gasteiger partial charge < -0.3 is 10.4 Å². The molecule has 0 saturated heterocycles. The molecule has 0 spiro atoms. The van der Waals surface area contributed by atoms with Gasteiger partial charge in [-0.2, -0.15) is 13.2 Å². The highest BCUT2D eigenvalue weighted by Gasteiger charge is 2.30. The highest BCUT2D eigenvalue weighted by Crippen LogP contribution is 2.31. The van der Waals surface area contributed by atoms with Gasteiger partial charge >= 0.3 is 12.1 Å². The van der Waals surface area contributed by atoms with Gasteiger partial charge in [0.05, 0.1) is 5.56 Å². The quantitative estimate of drug-likeness (QED) is 0.903. The van der Waals surface area contributed by atoms with Crippen molar-refractivity contribution in [2.45, 2.75) is 13.1 Å². The third-order valence-electron chi connectivity index (χ3n) is 2.88. The van der Waals surface area contributed by atoms with E-state index in [-0.39, 0.29) is 11.4 Å². The molecule has 0 bridgehead atoms. The van der Waals surface area contributed by atoms with Gasteiger partial charge in [-0.25, -0.2) is 9.78 Å². The minimum Gasteiger partial charge on any atom is -0.477 e. The minimum absolute atomic E-state index is 0.146. The molecular weight excluding hydrogens is 285 g/mol. The molecular formula is C14H11F3N2O2. The van der Waals surface area contributed by atoms with Crippen LogP contribution in [-0.4, -0.2) is 16.1 Å². The first-order valence-corrected chi connectivity index (χ1v) is 5.92. The molecule has 2 aromatic rings. The van der Waals surface area contributed by atoms with Crippen molar-refractivity contribution in [1.82, 2.24) is 4.98 Å². The lowest BCUT2D eigenvalue weighted by Crippen LogP contribution is -2.07. The summed E-state index contributed by atoms with van der Waals surface area (Å²) in [5, 5.41) is 11.7. The van der Waals surface area contributed by atoms with E-state index in [9.17, 15) is 18.0 Å². The van der Waals surface area contributed by atoms with E-state index in [1.54, 1.807) is 0 Å². The summed E-state index contributed by atoms with van der Waals surface area (Å²) < 4.78 is 37.9. The summed E-state index contributed by atoms with van der Waals surface area (Å²) in [7, 11) is 0. The van der Waals surface area contributed by atoms with Crippen LogP contribution in [0, 0.1) is 6.92 Å². The lowest BCUT2D eigenvalue weighted by molar-refractivity contribution is -0.137. The maximum atomic E-state index is 12.6. The van der Waals surface area contributed by atoms with E-state index >= 15 is 0 Å². The molecule has 7 heteroatoms. The summed E-state index contributed by atoms with van der Waals surface area (Å²) in [6.07, 6.45) is -3.15. The SMILES string of the molecule is Cc1c(Nc2cccc(C(F)(F)F)c2)ccnc1C(=O)O. The Bertz CT molecular complexity index is 684. The maximum Gasteiger partial charge on any atom is 0.416 e. The number of rotatable bonds is 3. The molecule has 0 atom stereocenters. The number of aromatic nitrogens is 1. The van der Waals surface area contributed by atoms with Gasteiger partial charge in [0.1, 0.15) is 0 Å². The number of hydrogen-bond donors (Lipinski definition) is 2. The Balaban J connectivity index is 2.35. The van der Waals surface area contributed by atoms with E-state index in [4.69, 9.17) is 5.11 Å². The number of carbonyl (C=O) groups is 1. The summed E-state index contributed by atoms with van der Waals surface area (Å²) in [5.74, 6) is -1.19. The molecule has 1 aromatic carbocycles. The number of halogens is 3. The van der Waals surface area contributed by atoms with Gasteiger partial charge in [-0.05, 0) is 31.2 Å². The Morgan fingerprint density at radius 1 is 1.29 bits per heavy atom. The van der Waals surface area contributed by atoms with Gasteiger partial charge in [-0.15, -0.1) is 0 Å². The zero-order chi connectivity index (χ0) is 15.6. The number of benzene rings is 1. The lowest BCUT2D eigenvalue weighted by Gasteiger charge is -2.13. The molecule has 0 amide bonds. The van der Waals surface area contributed by atoms with Crippen LogP contribution in [0.5, 0.6) is 0 Å². The Kier molecular flexibility index (Phi) is 3.84. The molecule has 1 heterocycles. The van der Waals surface area contributed by atoms with E-state index in [0.29, 0.717) is 11.3 Å². The standard InChI is InChI=1S/C14H11F3N2O2/c1-8-11(5-6-18-12(8)13(20)21)19-10-4-2-3-9(7-10)14(15,16)17/h2-7H,1H3,(H,18,19)(H,20,21). The van der Waals surface area contributed by atoms with Crippen molar-refractivity contribution in [3.63, 3.8) is 0 Å². The Hall–Kier alpha value is -2.57. The summed E-state index contributed by atoms with van der Waals surface area (Å²) in [5.41, 5.74) is 0.0317. The van der Waals surface area contributed by atoms with Crippen molar-refractivity contribution in [2.75, 3.05) is 5.32 Å².